The van der Waals surface area contributed by atoms with Crippen LogP contribution in [0.2, 0.25) is 0 Å². The zero-order valence-electron chi connectivity index (χ0n) is 18.1. The number of para-hydroxylation sites is 1. The topological polar surface area (TPSA) is 97.0 Å². The number of thioether (sulfide) groups is 1. The molecule has 2 aromatic rings. The van der Waals surface area contributed by atoms with Crippen molar-refractivity contribution in [3.63, 3.8) is 0 Å². The Morgan fingerprint density at radius 2 is 1.88 bits per heavy atom. The minimum atomic E-state index is -0.486. The maximum atomic E-state index is 12.7. The van der Waals surface area contributed by atoms with E-state index in [9.17, 15) is 14.4 Å². The third kappa shape index (κ3) is 6.33. The molecular formula is C23H23N3O5S2. The number of nitrogens with zero attached hydrogens (tertiary/aromatic N) is 1. The first-order valence-electron chi connectivity index (χ1n) is 10.0. The predicted octanol–water partition coefficient (Wildman–Crippen LogP) is 3.15. The fourth-order valence-electron chi connectivity index (χ4n) is 3.06. The summed E-state index contributed by atoms with van der Waals surface area (Å²) >= 11 is 6.56. The molecule has 3 rings (SSSR count). The zero-order valence-corrected chi connectivity index (χ0v) is 19.8. The van der Waals surface area contributed by atoms with Crippen LogP contribution in [-0.2, 0) is 9.59 Å². The first kappa shape index (κ1) is 24.3. The first-order valence-corrected chi connectivity index (χ1v) is 11.3. The van der Waals surface area contributed by atoms with Crippen molar-refractivity contribution in [1.29, 1.82) is 0 Å². The minimum Gasteiger partial charge on any atom is -0.497 e. The Morgan fingerprint density at radius 1 is 1.09 bits per heavy atom. The maximum absolute atomic E-state index is 12.7. The van der Waals surface area contributed by atoms with Crippen molar-refractivity contribution in [1.82, 2.24) is 15.8 Å². The fraction of sp³-hybridized carbons (Fsp3) is 0.217. The van der Waals surface area contributed by atoms with Crippen LogP contribution in [0.15, 0.2) is 53.4 Å². The zero-order chi connectivity index (χ0) is 23.8. The molecule has 8 nitrogen and oxygen atoms in total. The number of carbonyl (C=O) groups is 3. The monoisotopic (exact) mass is 485 g/mol. The standard InChI is InChI=1S/C23H23N3O5S2/c1-30-16-8-5-7-15(13-16)14-19-22(29)26(23(32)33-19)12-6-11-20(27)24-25-21(28)17-9-3-4-10-18(17)31-2/h3-5,7-10,13-14H,6,11-12H2,1-2H3,(H,24,27)(H,25,28)/b19-14-. The summed E-state index contributed by atoms with van der Waals surface area (Å²) in [5.41, 5.74) is 5.88. The summed E-state index contributed by atoms with van der Waals surface area (Å²) in [4.78, 5) is 39.1. The van der Waals surface area contributed by atoms with Gasteiger partial charge in [0.2, 0.25) is 5.91 Å². The average Bonchev–Trinajstić information content (AvgIpc) is 3.09. The highest BCUT2D eigenvalue weighted by molar-refractivity contribution is 8.26. The van der Waals surface area contributed by atoms with Crippen molar-refractivity contribution >= 4 is 52.1 Å². The largest absolute Gasteiger partial charge is 0.497 e. The van der Waals surface area contributed by atoms with E-state index in [1.165, 1.54) is 23.8 Å². The lowest BCUT2D eigenvalue weighted by Crippen LogP contribution is -2.42. The number of carbonyl (C=O) groups excluding carboxylic acids is 3. The Bertz CT molecular complexity index is 1100. The van der Waals surface area contributed by atoms with Gasteiger partial charge in [-0.3, -0.25) is 30.1 Å². The van der Waals surface area contributed by atoms with E-state index >= 15 is 0 Å². The summed E-state index contributed by atoms with van der Waals surface area (Å²) in [7, 11) is 3.04. The van der Waals surface area contributed by atoms with E-state index in [1.54, 1.807) is 37.5 Å². The number of benzene rings is 2. The molecular weight excluding hydrogens is 462 g/mol. The van der Waals surface area contributed by atoms with E-state index in [2.05, 4.69) is 10.9 Å². The highest BCUT2D eigenvalue weighted by Gasteiger charge is 2.31. The van der Waals surface area contributed by atoms with Crippen LogP contribution in [0.25, 0.3) is 6.08 Å². The SMILES string of the molecule is COc1cccc(/C=C2\SC(=S)N(CCCC(=O)NNC(=O)c3ccccc3OC)C2=O)c1. The maximum Gasteiger partial charge on any atom is 0.273 e. The summed E-state index contributed by atoms with van der Waals surface area (Å²) in [6.45, 7) is 0.300. The number of ether oxygens (including phenoxy) is 2. The van der Waals surface area contributed by atoms with Gasteiger partial charge in [0.1, 0.15) is 15.8 Å². The molecule has 0 aliphatic carbocycles. The van der Waals surface area contributed by atoms with Crippen LogP contribution < -0.4 is 20.3 Å². The number of hydrazine groups is 1. The average molecular weight is 486 g/mol. The summed E-state index contributed by atoms with van der Waals surface area (Å²) in [5, 5.41) is 0. The number of methoxy groups -OCH3 is 2. The van der Waals surface area contributed by atoms with Crippen molar-refractivity contribution in [3.8, 4) is 11.5 Å². The van der Waals surface area contributed by atoms with Gasteiger partial charge in [-0.25, -0.2) is 0 Å². The van der Waals surface area contributed by atoms with Gasteiger partial charge in [0, 0.05) is 13.0 Å². The molecule has 0 saturated carbocycles. The number of thiocarbonyl (C=S) groups is 1. The molecule has 0 atom stereocenters. The third-order valence-electron chi connectivity index (χ3n) is 4.72. The van der Waals surface area contributed by atoms with E-state index in [0.717, 1.165) is 5.56 Å². The molecule has 2 N–H and O–H groups in total. The highest BCUT2D eigenvalue weighted by atomic mass is 32.2. The Morgan fingerprint density at radius 3 is 2.64 bits per heavy atom. The van der Waals surface area contributed by atoms with Gasteiger partial charge < -0.3 is 9.47 Å². The molecule has 1 heterocycles. The first-order chi connectivity index (χ1) is 15.9. The van der Waals surface area contributed by atoms with Crippen LogP contribution in [0.3, 0.4) is 0 Å². The van der Waals surface area contributed by atoms with E-state index in [1.807, 2.05) is 24.3 Å². The summed E-state index contributed by atoms with van der Waals surface area (Å²) < 4.78 is 10.8. The normalized spacial score (nSPS) is 14.4. The number of amides is 3. The summed E-state index contributed by atoms with van der Waals surface area (Å²) in [6.07, 6.45) is 2.26. The smallest absolute Gasteiger partial charge is 0.273 e. The van der Waals surface area contributed by atoms with Gasteiger partial charge >= 0.3 is 0 Å². The van der Waals surface area contributed by atoms with Crippen LogP contribution in [-0.4, -0.2) is 47.7 Å². The number of hydrogen-bond donors (Lipinski definition) is 2. The second-order valence-electron chi connectivity index (χ2n) is 6.92. The molecule has 0 radical (unpaired) electrons. The van der Waals surface area contributed by atoms with Crippen LogP contribution in [0.4, 0.5) is 0 Å². The third-order valence-corrected chi connectivity index (χ3v) is 6.10. The molecule has 33 heavy (non-hydrogen) atoms. The van der Waals surface area contributed by atoms with Crippen LogP contribution in [0, 0.1) is 0 Å². The number of hydrogen-bond acceptors (Lipinski definition) is 7. The molecule has 0 spiro atoms. The van der Waals surface area contributed by atoms with Crippen LogP contribution >= 0.6 is 24.0 Å². The molecule has 1 saturated heterocycles. The van der Waals surface area contributed by atoms with E-state index in [4.69, 9.17) is 21.7 Å². The van der Waals surface area contributed by atoms with Crippen molar-refractivity contribution < 1.29 is 23.9 Å². The Balaban J connectivity index is 1.48. The van der Waals surface area contributed by atoms with Gasteiger partial charge in [0.25, 0.3) is 11.8 Å². The minimum absolute atomic E-state index is 0.109. The quantitative estimate of drug-likeness (QED) is 0.337. The lowest BCUT2D eigenvalue weighted by molar-refractivity contribution is -0.124. The molecule has 0 aromatic heterocycles. The number of nitrogens with one attached hydrogen (secondary N) is 2. The van der Waals surface area contributed by atoms with Crippen molar-refractivity contribution in [3.05, 3.63) is 64.6 Å². The molecule has 0 bridgehead atoms. The lowest BCUT2D eigenvalue weighted by Gasteiger charge is -2.14. The molecule has 10 heteroatoms. The predicted molar refractivity (Wildman–Crippen MR) is 131 cm³/mol. The van der Waals surface area contributed by atoms with Gasteiger partial charge in [-0.15, -0.1) is 0 Å². The van der Waals surface area contributed by atoms with Gasteiger partial charge in [0.05, 0.1) is 24.7 Å². The lowest BCUT2D eigenvalue weighted by atomic mass is 10.2. The Labute approximate surface area is 201 Å². The van der Waals surface area contributed by atoms with Crippen molar-refractivity contribution in [2.45, 2.75) is 12.8 Å². The Hall–Kier alpha value is -3.37. The molecule has 172 valence electrons. The second-order valence-corrected chi connectivity index (χ2v) is 8.59. The molecule has 1 fully saturated rings. The fourth-order valence-corrected chi connectivity index (χ4v) is 4.37. The van der Waals surface area contributed by atoms with Gasteiger partial charge in [0.15, 0.2) is 0 Å². The van der Waals surface area contributed by atoms with E-state index < -0.39 is 5.91 Å². The van der Waals surface area contributed by atoms with Gasteiger partial charge in [-0.1, -0.05) is 48.2 Å². The van der Waals surface area contributed by atoms with Gasteiger partial charge in [-0.05, 0) is 42.3 Å². The molecule has 1 aliphatic heterocycles. The molecule has 2 aromatic carbocycles. The highest BCUT2D eigenvalue weighted by Crippen LogP contribution is 2.33. The molecule has 1 aliphatic rings. The van der Waals surface area contributed by atoms with Crippen LogP contribution in [0.1, 0.15) is 28.8 Å². The van der Waals surface area contributed by atoms with E-state index in [0.29, 0.717) is 39.3 Å². The molecule has 3 amide bonds. The Kier molecular flexibility index (Phi) is 8.45. The van der Waals surface area contributed by atoms with Crippen LogP contribution in [0.5, 0.6) is 11.5 Å². The molecule has 0 unspecified atom stereocenters. The van der Waals surface area contributed by atoms with Crippen molar-refractivity contribution in [2.24, 2.45) is 0 Å². The van der Waals surface area contributed by atoms with E-state index in [-0.39, 0.29) is 18.2 Å². The number of rotatable bonds is 8. The summed E-state index contributed by atoms with van der Waals surface area (Å²) in [5.74, 6) is 0.0392. The summed E-state index contributed by atoms with van der Waals surface area (Å²) in [6, 6.07) is 14.1. The van der Waals surface area contributed by atoms with Crippen molar-refractivity contribution in [2.75, 3.05) is 20.8 Å². The second kappa shape index (κ2) is 11.5. The van der Waals surface area contributed by atoms with Gasteiger partial charge in [-0.2, -0.15) is 0 Å².